The van der Waals surface area contributed by atoms with Gasteiger partial charge in [0, 0.05) is 12.1 Å². The van der Waals surface area contributed by atoms with Crippen LogP contribution in [0.5, 0.6) is 34.5 Å². The fraction of sp³-hybridized carbons (Fsp3) is 0.125. The van der Waals surface area contributed by atoms with Gasteiger partial charge in [0.15, 0.2) is 0 Å². The van der Waals surface area contributed by atoms with Crippen molar-refractivity contribution in [1.82, 2.24) is 0 Å². The summed E-state index contributed by atoms with van der Waals surface area (Å²) in [4.78, 5) is 0. The molecule has 0 fully saturated rings. The monoisotopic (exact) mass is 512 g/mol. The lowest BCUT2D eigenvalue weighted by Gasteiger charge is -2.05. The van der Waals surface area contributed by atoms with Crippen LogP contribution in [-0.4, -0.2) is 33.6 Å². The van der Waals surface area contributed by atoms with E-state index in [-0.39, 0.29) is 23.0 Å². The highest BCUT2D eigenvalue weighted by Gasteiger charge is 1.99. The molecule has 0 aliphatic rings. The van der Waals surface area contributed by atoms with Gasteiger partial charge in [-0.15, -0.1) is 0 Å². The van der Waals surface area contributed by atoms with Gasteiger partial charge in [0.1, 0.15) is 34.5 Å². The molecule has 0 saturated carbocycles. The number of ether oxygens (including phenoxy) is 2. The zero-order valence-electron chi connectivity index (χ0n) is 21.4. The highest BCUT2D eigenvalue weighted by atomic mass is 16.5. The Bertz CT molecular complexity index is 1340. The van der Waals surface area contributed by atoms with Crippen LogP contribution in [0.4, 0.5) is 0 Å². The average Bonchev–Trinajstić information content (AvgIpc) is 2.88. The second-order valence-corrected chi connectivity index (χ2v) is 8.24. The lowest BCUT2D eigenvalue weighted by Crippen LogP contribution is -1.91. The van der Waals surface area contributed by atoms with Crippen molar-refractivity contribution in [3.8, 4) is 34.5 Å². The standard InChI is InChI=1S/2C16H16O3/c1-2-19-16-7-5-12(6-8-16)3-4-13-9-14(17)11-15(18)10-13;1-2-19-16-10-13(9-15(18)11-16)4-3-12-5-7-14(17)8-6-12/h2*3-11,17-18H,2H2,1H3. The minimum absolute atomic E-state index is 0.0475. The largest absolute Gasteiger partial charge is 0.508 e. The van der Waals surface area contributed by atoms with E-state index in [1.165, 1.54) is 6.07 Å². The van der Waals surface area contributed by atoms with Crippen molar-refractivity contribution in [3.05, 3.63) is 107 Å². The van der Waals surface area contributed by atoms with E-state index in [2.05, 4.69) is 0 Å². The average molecular weight is 513 g/mol. The molecule has 0 bridgehead atoms. The van der Waals surface area contributed by atoms with E-state index >= 15 is 0 Å². The molecule has 4 aromatic rings. The summed E-state index contributed by atoms with van der Waals surface area (Å²) in [6.45, 7) is 5.06. The van der Waals surface area contributed by atoms with Crippen molar-refractivity contribution in [2.75, 3.05) is 13.2 Å². The Morgan fingerprint density at radius 2 is 0.868 bits per heavy atom. The van der Waals surface area contributed by atoms with Gasteiger partial charge >= 0.3 is 0 Å². The smallest absolute Gasteiger partial charge is 0.123 e. The van der Waals surface area contributed by atoms with Crippen molar-refractivity contribution in [2.45, 2.75) is 13.8 Å². The van der Waals surface area contributed by atoms with Gasteiger partial charge in [0.25, 0.3) is 0 Å². The Kier molecular flexibility index (Phi) is 10.3. The third kappa shape index (κ3) is 9.32. The van der Waals surface area contributed by atoms with Crippen LogP contribution in [0.3, 0.4) is 0 Å². The lowest BCUT2D eigenvalue weighted by atomic mass is 10.1. The SMILES string of the molecule is CCOc1cc(O)cc(C=Cc2ccc(O)cc2)c1.CCOc1ccc(C=Cc2cc(O)cc(O)c2)cc1. The molecule has 6 heteroatoms. The molecule has 0 saturated heterocycles. The van der Waals surface area contributed by atoms with E-state index in [9.17, 15) is 20.4 Å². The van der Waals surface area contributed by atoms with E-state index in [1.807, 2.05) is 80.6 Å². The molecule has 4 aromatic carbocycles. The second-order valence-electron chi connectivity index (χ2n) is 8.24. The van der Waals surface area contributed by atoms with Crippen LogP contribution in [-0.2, 0) is 0 Å². The minimum atomic E-state index is 0.0475. The molecule has 0 radical (unpaired) electrons. The number of benzene rings is 4. The molecule has 4 rings (SSSR count). The molecule has 4 N–H and O–H groups in total. The molecule has 0 atom stereocenters. The first kappa shape index (κ1) is 27.7. The van der Waals surface area contributed by atoms with Crippen LogP contribution < -0.4 is 9.47 Å². The molecule has 0 aliphatic heterocycles. The highest BCUT2D eigenvalue weighted by Crippen LogP contribution is 2.24. The van der Waals surface area contributed by atoms with Crippen molar-refractivity contribution >= 4 is 24.3 Å². The van der Waals surface area contributed by atoms with Gasteiger partial charge in [0.05, 0.1) is 13.2 Å². The summed E-state index contributed by atoms with van der Waals surface area (Å²) in [6, 6.07) is 24.2. The fourth-order valence-corrected chi connectivity index (χ4v) is 3.48. The van der Waals surface area contributed by atoms with Gasteiger partial charge in [-0.05, 0) is 84.6 Å². The molecule has 0 aliphatic carbocycles. The van der Waals surface area contributed by atoms with E-state index in [0.717, 1.165) is 28.0 Å². The van der Waals surface area contributed by atoms with Crippen molar-refractivity contribution in [1.29, 1.82) is 0 Å². The second kappa shape index (κ2) is 14.0. The zero-order valence-corrected chi connectivity index (χ0v) is 21.4. The predicted octanol–water partition coefficient (Wildman–Crippen LogP) is 7.33. The Balaban J connectivity index is 0.000000211. The number of aromatic hydroxyl groups is 4. The Morgan fingerprint density at radius 3 is 1.39 bits per heavy atom. The molecule has 0 unspecified atom stereocenters. The first-order chi connectivity index (χ1) is 18.3. The van der Waals surface area contributed by atoms with E-state index in [1.54, 1.807) is 36.4 Å². The van der Waals surface area contributed by atoms with Crippen LogP contribution in [0.25, 0.3) is 24.3 Å². The molecule has 0 heterocycles. The first-order valence-corrected chi connectivity index (χ1v) is 12.2. The maximum Gasteiger partial charge on any atom is 0.123 e. The molecule has 6 nitrogen and oxygen atoms in total. The Morgan fingerprint density at radius 1 is 0.447 bits per heavy atom. The number of rotatable bonds is 8. The highest BCUT2D eigenvalue weighted by molar-refractivity contribution is 5.72. The first-order valence-electron chi connectivity index (χ1n) is 12.2. The Labute approximate surface area is 223 Å². The molecule has 196 valence electrons. The number of hydrogen-bond donors (Lipinski definition) is 4. The number of phenols is 4. The van der Waals surface area contributed by atoms with Crippen LogP contribution in [0.15, 0.2) is 84.9 Å². The topological polar surface area (TPSA) is 99.4 Å². The number of phenolic OH excluding ortho intramolecular Hbond substituents is 4. The van der Waals surface area contributed by atoms with Gasteiger partial charge in [-0.1, -0.05) is 48.6 Å². The summed E-state index contributed by atoms with van der Waals surface area (Å²) in [5, 5.41) is 37.6. The third-order valence-corrected chi connectivity index (χ3v) is 5.17. The molecule has 38 heavy (non-hydrogen) atoms. The van der Waals surface area contributed by atoms with Crippen LogP contribution in [0.2, 0.25) is 0 Å². The zero-order chi connectivity index (χ0) is 27.3. The molecular weight excluding hydrogens is 480 g/mol. The minimum Gasteiger partial charge on any atom is -0.508 e. The van der Waals surface area contributed by atoms with Crippen molar-refractivity contribution < 1.29 is 29.9 Å². The molecule has 0 amide bonds. The van der Waals surface area contributed by atoms with Crippen molar-refractivity contribution in [2.24, 2.45) is 0 Å². The summed E-state index contributed by atoms with van der Waals surface area (Å²) < 4.78 is 10.7. The summed E-state index contributed by atoms with van der Waals surface area (Å²) in [6.07, 6.45) is 7.53. The normalized spacial score (nSPS) is 10.8. The van der Waals surface area contributed by atoms with Crippen LogP contribution in [0, 0.1) is 0 Å². The van der Waals surface area contributed by atoms with Gasteiger partial charge in [0.2, 0.25) is 0 Å². The fourth-order valence-electron chi connectivity index (χ4n) is 3.48. The molecule has 0 spiro atoms. The Hall–Kier alpha value is -4.84. The van der Waals surface area contributed by atoms with Crippen molar-refractivity contribution in [3.63, 3.8) is 0 Å². The number of hydrogen-bond acceptors (Lipinski definition) is 6. The van der Waals surface area contributed by atoms with Crippen LogP contribution in [0.1, 0.15) is 36.1 Å². The van der Waals surface area contributed by atoms with Gasteiger partial charge in [-0.2, -0.15) is 0 Å². The predicted molar refractivity (Wildman–Crippen MR) is 153 cm³/mol. The van der Waals surface area contributed by atoms with Gasteiger partial charge < -0.3 is 29.9 Å². The molecular formula is C32H32O6. The maximum atomic E-state index is 9.61. The summed E-state index contributed by atoms with van der Waals surface area (Å²) >= 11 is 0. The summed E-state index contributed by atoms with van der Waals surface area (Å²) in [5.74, 6) is 2.00. The molecule has 0 aromatic heterocycles. The third-order valence-electron chi connectivity index (χ3n) is 5.17. The summed E-state index contributed by atoms with van der Waals surface area (Å²) in [5.41, 5.74) is 3.59. The van der Waals surface area contributed by atoms with Gasteiger partial charge in [-0.25, -0.2) is 0 Å². The van der Waals surface area contributed by atoms with E-state index < -0.39 is 0 Å². The lowest BCUT2D eigenvalue weighted by molar-refractivity contribution is 0.337. The van der Waals surface area contributed by atoms with E-state index in [4.69, 9.17) is 9.47 Å². The quantitative estimate of drug-likeness (QED) is 0.184. The summed E-state index contributed by atoms with van der Waals surface area (Å²) in [7, 11) is 0. The van der Waals surface area contributed by atoms with Gasteiger partial charge in [-0.3, -0.25) is 0 Å². The van der Waals surface area contributed by atoms with E-state index in [0.29, 0.717) is 19.0 Å². The van der Waals surface area contributed by atoms with Crippen LogP contribution >= 0.6 is 0 Å². The maximum absolute atomic E-state index is 9.61.